The van der Waals surface area contributed by atoms with Gasteiger partial charge in [-0.1, -0.05) is 38.0 Å². The molecule has 1 aromatic rings. The van der Waals surface area contributed by atoms with E-state index in [1.54, 1.807) is 0 Å². The molecular weight excluding hydrogens is 230 g/mol. The highest BCUT2D eigenvalue weighted by Crippen LogP contribution is 2.44. The molecule has 2 unspecified atom stereocenters. The van der Waals surface area contributed by atoms with Crippen molar-refractivity contribution in [2.24, 2.45) is 11.8 Å². The molecule has 0 heterocycles. The molecule has 0 radical (unpaired) electrons. The topological polar surface area (TPSA) is 12.0 Å². The van der Waals surface area contributed by atoms with Crippen molar-refractivity contribution in [3.8, 4) is 0 Å². The van der Waals surface area contributed by atoms with Crippen molar-refractivity contribution in [2.75, 3.05) is 5.32 Å². The van der Waals surface area contributed by atoms with Gasteiger partial charge >= 0.3 is 0 Å². The Balaban J connectivity index is 1.70. The second kappa shape index (κ2) is 5.56. The van der Waals surface area contributed by atoms with E-state index in [-0.39, 0.29) is 0 Å². The Kier molecular flexibility index (Phi) is 3.81. The molecule has 2 aliphatic carbocycles. The smallest absolute Gasteiger partial charge is 0.0404 e. The molecule has 0 bridgehead atoms. The van der Waals surface area contributed by atoms with Gasteiger partial charge < -0.3 is 5.32 Å². The van der Waals surface area contributed by atoms with Crippen LogP contribution < -0.4 is 5.32 Å². The van der Waals surface area contributed by atoms with Gasteiger partial charge in [0.1, 0.15) is 0 Å². The van der Waals surface area contributed by atoms with Crippen molar-refractivity contribution in [3.05, 3.63) is 29.3 Å². The van der Waals surface area contributed by atoms with E-state index in [0.29, 0.717) is 6.04 Å². The number of para-hydroxylation sites is 1. The first-order valence-electron chi connectivity index (χ1n) is 8.13. The van der Waals surface area contributed by atoms with Gasteiger partial charge in [0.25, 0.3) is 0 Å². The predicted molar refractivity (Wildman–Crippen MR) is 82.6 cm³/mol. The van der Waals surface area contributed by atoms with Gasteiger partial charge in [-0.25, -0.2) is 0 Å². The van der Waals surface area contributed by atoms with E-state index < -0.39 is 0 Å². The first-order chi connectivity index (χ1) is 9.28. The van der Waals surface area contributed by atoms with Crippen molar-refractivity contribution in [2.45, 2.75) is 64.8 Å². The van der Waals surface area contributed by atoms with Gasteiger partial charge in [0.2, 0.25) is 0 Å². The molecule has 104 valence electrons. The molecule has 0 aromatic heterocycles. The number of anilines is 1. The highest BCUT2D eigenvalue weighted by atomic mass is 14.9. The number of rotatable bonds is 4. The molecule has 3 rings (SSSR count). The normalized spacial score (nSPS) is 27.3. The van der Waals surface area contributed by atoms with Gasteiger partial charge in [-0.3, -0.25) is 0 Å². The molecule has 19 heavy (non-hydrogen) atoms. The van der Waals surface area contributed by atoms with Crippen LogP contribution in [0.5, 0.6) is 0 Å². The van der Waals surface area contributed by atoms with Crippen molar-refractivity contribution in [1.82, 2.24) is 0 Å². The van der Waals surface area contributed by atoms with Crippen LogP contribution in [0.4, 0.5) is 5.69 Å². The molecule has 2 atom stereocenters. The lowest BCUT2D eigenvalue weighted by atomic mass is 9.82. The van der Waals surface area contributed by atoms with Crippen LogP contribution in [0.1, 0.15) is 56.6 Å². The highest BCUT2D eigenvalue weighted by Gasteiger charge is 2.34. The van der Waals surface area contributed by atoms with Crippen molar-refractivity contribution in [1.29, 1.82) is 0 Å². The third-order valence-electron chi connectivity index (χ3n) is 5.09. The summed E-state index contributed by atoms with van der Waals surface area (Å²) in [7, 11) is 0. The summed E-state index contributed by atoms with van der Waals surface area (Å²) in [4.78, 5) is 0. The zero-order valence-electron chi connectivity index (χ0n) is 12.4. The lowest BCUT2D eigenvalue weighted by molar-refractivity contribution is 0.303. The zero-order valence-corrected chi connectivity index (χ0v) is 12.4. The fourth-order valence-electron chi connectivity index (χ4n) is 3.79. The summed E-state index contributed by atoms with van der Waals surface area (Å²) in [6, 6.07) is 7.41. The molecule has 2 aliphatic rings. The SMILES string of the molecule is CCc1cccc(C)c1NC1CCCC(C2CC2)C1. The van der Waals surface area contributed by atoms with E-state index in [2.05, 4.69) is 37.4 Å². The average molecular weight is 257 g/mol. The quantitative estimate of drug-likeness (QED) is 0.805. The molecule has 0 spiro atoms. The van der Waals surface area contributed by atoms with E-state index >= 15 is 0 Å². The van der Waals surface area contributed by atoms with E-state index in [9.17, 15) is 0 Å². The maximum atomic E-state index is 3.88. The molecule has 0 aliphatic heterocycles. The summed E-state index contributed by atoms with van der Waals surface area (Å²) in [5.74, 6) is 2.09. The van der Waals surface area contributed by atoms with Crippen LogP contribution in [0.25, 0.3) is 0 Å². The van der Waals surface area contributed by atoms with Crippen LogP contribution in [0.15, 0.2) is 18.2 Å². The van der Waals surface area contributed by atoms with Gasteiger partial charge in [0.15, 0.2) is 0 Å². The maximum absolute atomic E-state index is 3.88. The third-order valence-corrected chi connectivity index (χ3v) is 5.09. The maximum Gasteiger partial charge on any atom is 0.0404 e. The number of nitrogens with one attached hydrogen (secondary N) is 1. The number of aryl methyl sites for hydroxylation is 2. The van der Waals surface area contributed by atoms with Crippen LogP contribution in [0.3, 0.4) is 0 Å². The van der Waals surface area contributed by atoms with Crippen LogP contribution >= 0.6 is 0 Å². The van der Waals surface area contributed by atoms with Crippen molar-refractivity contribution in [3.63, 3.8) is 0 Å². The van der Waals surface area contributed by atoms with E-state index in [1.807, 2.05) is 0 Å². The molecular formula is C18H27N. The standard InChI is InChI=1S/C18H27N/c1-3-14-7-4-6-13(2)18(14)19-17-9-5-8-16(12-17)15-10-11-15/h4,6-7,15-17,19H,3,5,8-12H2,1-2H3. The second-order valence-electron chi connectivity index (χ2n) is 6.57. The highest BCUT2D eigenvalue weighted by molar-refractivity contribution is 5.57. The molecule has 1 aromatic carbocycles. The van der Waals surface area contributed by atoms with Gasteiger partial charge in [-0.15, -0.1) is 0 Å². The lowest BCUT2D eigenvalue weighted by Gasteiger charge is -2.31. The van der Waals surface area contributed by atoms with Crippen LogP contribution in [0, 0.1) is 18.8 Å². The van der Waals surface area contributed by atoms with Crippen molar-refractivity contribution < 1.29 is 0 Å². The van der Waals surface area contributed by atoms with E-state index in [0.717, 1.165) is 18.3 Å². The molecule has 1 N–H and O–H groups in total. The summed E-state index contributed by atoms with van der Waals surface area (Å²) in [5, 5.41) is 3.88. The van der Waals surface area contributed by atoms with Gasteiger partial charge in [-0.05, 0) is 62.0 Å². The number of hydrogen-bond acceptors (Lipinski definition) is 1. The van der Waals surface area contributed by atoms with Crippen LogP contribution in [-0.2, 0) is 6.42 Å². The molecule has 0 amide bonds. The predicted octanol–water partition coefficient (Wildman–Crippen LogP) is 4.94. The fourth-order valence-corrected chi connectivity index (χ4v) is 3.79. The Labute approximate surface area is 117 Å². The molecule has 1 heteroatoms. The summed E-state index contributed by atoms with van der Waals surface area (Å²) >= 11 is 0. The average Bonchev–Trinajstić information content (AvgIpc) is 3.26. The second-order valence-corrected chi connectivity index (χ2v) is 6.57. The minimum atomic E-state index is 0.714. The Hall–Kier alpha value is -0.980. The van der Waals surface area contributed by atoms with E-state index in [1.165, 1.54) is 55.3 Å². The monoisotopic (exact) mass is 257 g/mol. The first kappa shape index (κ1) is 13.0. The van der Waals surface area contributed by atoms with Gasteiger partial charge in [0.05, 0.1) is 0 Å². The summed E-state index contributed by atoms with van der Waals surface area (Å²) in [6.45, 7) is 4.50. The lowest BCUT2D eigenvalue weighted by Crippen LogP contribution is -2.28. The molecule has 2 fully saturated rings. The van der Waals surface area contributed by atoms with Gasteiger partial charge in [-0.2, -0.15) is 0 Å². The van der Waals surface area contributed by atoms with Crippen LogP contribution in [-0.4, -0.2) is 6.04 Å². The molecule has 1 nitrogen and oxygen atoms in total. The molecule has 2 saturated carbocycles. The Morgan fingerprint density at radius 3 is 2.68 bits per heavy atom. The largest absolute Gasteiger partial charge is 0.382 e. The minimum Gasteiger partial charge on any atom is -0.382 e. The first-order valence-corrected chi connectivity index (χ1v) is 8.13. The Bertz CT molecular complexity index is 433. The minimum absolute atomic E-state index is 0.714. The van der Waals surface area contributed by atoms with Crippen molar-refractivity contribution >= 4 is 5.69 Å². The Morgan fingerprint density at radius 2 is 1.95 bits per heavy atom. The fraction of sp³-hybridized carbons (Fsp3) is 0.667. The number of hydrogen-bond donors (Lipinski definition) is 1. The zero-order chi connectivity index (χ0) is 13.2. The summed E-state index contributed by atoms with van der Waals surface area (Å²) in [5.41, 5.74) is 4.31. The third kappa shape index (κ3) is 2.96. The van der Waals surface area contributed by atoms with E-state index in [4.69, 9.17) is 0 Å². The number of benzene rings is 1. The summed E-state index contributed by atoms with van der Waals surface area (Å²) < 4.78 is 0. The summed E-state index contributed by atoms with van der Waals surface area (Å²) in [6.07, 6.45) is 9.80. The van der Waals surface area contributed by atoms with Gasteiger partial charge in [0, 0.05) is 11.7 Å². The van der Waals surface area contributed by atoms with Crippen LogP contribution in [0.2, 0.25) is 0 Å². The molecule has 0 saturated heterocycles. The Morgan fingerprint density at radius 1 is 1.11 bits per heavy atom.